The molecular weight excluding hydrogens is 227 g/mol. The van der Waals surface area contributed by atoms with E-state index in [0.29, 0.717) is 12.8 Å². The van der Waals surface area contributed by atoms with Crippen molar-refractivity contribution in [2.45, 2.75) is 44.8 Å². The number of alkyl carbamates (subject to hydrolysis) is 1. The molecule has 0 aromatic rings. The summed E-state index contributed by atoms with van der Waals surface area (Å²) in [6.07, 6.45) is 0.500. The summed E-state index contributed by atoms with van der Waals surface area (Å²) in [5, 5.41) is 4.96. The Morgan fingerprint density at radius 1 is 1.35 bits per heavy atom. The molecule has 5 nitrogen and oxygen atoms in total. The van der Waals surface area contributed by atoms with E-state index in [9.17, 15) is 14.0 Å². The Hall–Kier alpha value is -1.33. The van der Waals surface area contributed by atoms with Crippen molar-refractivity contribution in [3.05, 3.63) is 0 Å². The van der Waals surface area contributed by atoms with Crippen LogP contribution in [-0.4, -0.2) is 36.4 Å². The first kappa shape index (κ1) is 13.7. The van der Waals surface area contributed by atoms with Crippen molar-refractivity contribution in [3.63, 3.8) is 0 Å². The molecule has 6 heteroatoms. The van der Waals surface area contributed by atoms with Gasteiger partial charge in [0.25, 0.3) is 0 Å². The zero-order chi connectivity index (χ0) is 13.1. The van der Waals surface area contributed by atoms with Crippen molar-refractivity contribution >= 4 is 12.0 Å². The molecule has 0 saturated heterocycles. The van der Waals surface area contributed by atoms with E-state index < -0.39 is 23.9 Å². The van der Waals surface area contributed by atoms with Gasteiger partial charge in [-0.25, -0.2) is 9.18 Å². The Kier molecular flexibility index (Phi) is 3.95. The minimum Gasteiger partial charge on any atom is -0.444 e. The van der Waals surface area contributed by atoms with Crippen LogP contribution in [0.2, 0.25) is 0 Å². The van der Waals surface area contributed by atoms with Crippen LogP contribution in [-0.2, 0) is 9.53 Å². The van der Waals surface area contributed by atoms with Crippen LogP contribution in [0.25, 0.3) is 0 Å². The number of ether oxygens (including phenoxy) is 1. The van der Waals surface area contributed by atoms with Crippen molar-refractivity contribution in [3.8, 4) is 0 Å². The molecule has 1 rings (SSSR count). The van der Waals surface area contributed by atoms with Gasteiger partial charge >= 0.3 is 6.09 Å². The minimum atomic E-state index is -0.891. The maximum Gasteiger partial charge on any atom is 0.408 e. The predicted octanol–water partition coefficient (Wildman–Crippen LogP) is 1.13. The third-order valence-electron chi connectivity index (χ3n) is 2.30. The second kappa shape index (κ2) is 4.89. The van der Waals surface area contributed by atoms with Crippen molar-refractivity contribution in [1.82, 2.24) is 10.6 Å². The Morgan fingerprint density at radius 2 is 1.94 bits per heavy atom. The average Bonchev–Trinajstić information content (AvgIpc) is 2.91. The molecule has 0 aromatic heterocycles. The largest absolute Gasteiger partial charge is 0.444 e. The van der Waals surface area contributed by atoms with Gasteiger partial charge in [0, 0.05) is 6.54 Å². The van der Waals surface area contributed by atoms with Crippen LogP contribution in [0.15, 0.2) is 0 Å². The fourth-order valence-corrected chi connectivity index (χ4v) is 1.36. The molecule has 1 saturated carbocycles. The molecule has 0 aromatic carbocycles. The number of carbonyl (C=O) groups is 2. The number of hydrogen-bond acceptors (Lipinski definition) is 3. The van der Waals surface area contributed by atoms with Crippen molar-refractivity contribution in [2.24, 2.45) is 0 Å². The maximum atomic E-state index is 11.9. The summed E-state index contributed by atoms with van der Waals surface area (Å²) in [6, 6.07) is 0. The fourth-order valence-electron chi connectivity index (χ4n) is 1.36. The van der Waals surface area contributed by atoms with Gasteiger partial charge in [-0.2, -0.15) is 0 Å². The van der Waals surface area contributed by atoms with Crippen LogP contribution in [0.4, 0.5) is 9.18 Å². The summed E-state index contributed by atoms with van der Waals surface area (Å²) < 4.78 is 17.0. The molecule has 2 N–H and O–H groups in total. The van der Waals surface area contributed by atoms with Gasteiger partial charge in [-0.15, -0.1) is 0 Å². The summed E-state index contributed by atoms with van der Waals surface area (Å²) in [5.74, 6) is -0.346. The summed E-state index contributed by atoms with van der Waals surface area (Å²) in [6.45, 7) is 4.59. The molecule has 0 radical (unpaired) electrons. The first-order chi connectivity index (χ1) is 7.79. The SMILES string of the molecule is CC(C)(C)OC(=O)NC1(C(=O)NCCF)CC1. The molecule has 98 valence electrons. The van der Waals surface area contributed by atoms with E-state index in [-0.39, 0.29) is 12.5 Å². The van der Waals surface area contributed by atoms with E-state index in [1.807, 2.05) is 0 Å². The lowest BCUT2D eigenvalue weighted by molar-refractivity contribution is -0.124. The Morgan fingerprint density at radius 3 is 2.35 bits per heavy atom. The average molecular weight is 246 g/mol. The number of halogens is 1. The molecule has 0 heterocycles. The van der Waals surface area contributed by atoms with Crippen molar-refractivity contribution < 1.29 is 18.7 Å². The van der Waals surface area contributed by atoms with Crippen LogP contribution in [0, 0.1) is 0 Å². The monoisotopic (exact) mass is 246 g/mol. The summed E-state index contributed by atoms with van der Waals surface area (Å²) >= 11 is 0. The second-order valence-electron chi connectivity index (χ2n) is 5.15. The summed E-state index contributed by atoms with van der Waals surface area (Å²) in [5.41, 5.74) is -1.49. The van der Waals surface area contributed by atoms with Gasteiger partial charge in [0.15, 0.2) is 0 Å². The summed E-state index contributed by atoms with van der Waals surface area (Å²) in [7, 11) is 0. The highest BCUT2D eigenvalue weighted by molar-refractivity contribution is 5.92. The molecule has 0 unspecified atom stereocenters. The number of alkyl halides is 1. The van der Waals surface area contributed by atoms with Crippen LogP contribution in [0.1, 0.15) is 33.6 Å². The normalized spacial score (nSPS) is 17.2. The Labute approximate surface area is 100 Å². The summed E-state index contributed by atoms with van der Waals surface area (Å²) in [4.78, 5) is 23.1. The van der Waals surface area contributed by atoms with E-state index in [2.05, 4.69) is 10.6 Å². The first-order valence-electron chi connectivity index (χ1n) is 5.64. The standard InChI is InChI=1S/C11H19FN2O3/c1-10(2,3)17-9(16)14-11(4-5-11)8(15)13-7-6-12/h4-7H2,1-3H3,(H,13,15)(H,14,16). The van der Waals surface area contributed by atoms with Gasteiger partial charge in [-0.1, -0.05) is 0 Å². The van der Waals surface area contributed by atoms with Gasteiger partial charge in [0.1, 0.15) is 17.8 Å². The van der Waals surface area contributed by atoms with Gasteiger partial charge in [0.2, 0.25) is 5.91 Å². The Balaban J connectivity index is 2.45. The molecule has 0 atom stereocenters. The van der Waals surface area contributed by atoms with Crippen LogP contribution in [0.3, 0.4) is 0 Å². The smallest absolute Gasteiger partial charge is 0.408 e. The maximum absolute atomic E-state index is 11.9. The van der Waals surface area contributed by atoms with Gasteiger partial charge in [0.05, 0.1) is 0 Å². The van der Waals surface area contributed by atoms with Crippen LogP contribution >= 0.6 is 0 Å². The number of hydrogen-bond donors (Lipinski definition) is 2. The lowest BCUT2D eigenvalue weighted by Crippen LogP contribution is -2.50. The van der Waals surface area contributed by atoms with E-state index in [1.54, 1.807) is 20.8 Å². The van der Waals surface area contributed by atoms with E-state index in [1.165, 1.54) is 0 Å². The van der Waals surface area contributed by atoms with Crippen LogP contribution in [0.5, 0.6) is 0 Å². The molecule has 0 bridgehead atoms. The van der Waals surface area contributed by atoms with Crippen molar-refractivity contribution in [2.75, 3.05) is 13.2 Å². The first-order valence-corrected chi connectivity index (χ1v) is 5.64. The van der Waals surface area contributed by atoms with E-state index >= 15 is 0 Å². The highest BCUT2D eigenvalue weighted by Gasteiger charge is 2.51. The fraction of sp³-hybridized carbons (Fsp3) is 0.818. The van der Waals surface area contributed by atoms with Crippen molar-refractivity contribution in [1.29, 1.82) is 0 Å². The lowest BCUT2D eigenvalue weighted by atomic mass is 10.2. The molecule has 2 amide bonds. The third kappa shape index (κ3) is 4.20. The highest BCUT2D eigenvalue weighted by Crippen LogP contribution is 2.35. The number of amides is 2. The highest BCUT2D eigenvalue weighted by atomic mass is 19.1. The van der Waals surface area contributed by atoms with E-state index in [0.717, 1.165) is 0 Å². The molecule has 1 fully saturated rings. The van der Waals surface area contributed by atoms with Gasteiger partial charge in [-0.3, -0.25) is 4.79 Å². The number of rotatable bonds is 4. The third-order valence-corrected chi connectivity index (χ3v) is 2.30. The predicted molar refractivity (Wildman–Crippen MR) is 60.3 cm³/mol. The molecule has 0 spiro atoms. The topological polar surface area (TPSA) is 67.4 Å². The van der Waals surface area contributed by atoms with Crippen LogP contribution < -0.4 is 10.6 Å². The molecule has 1 aliphatic rings. The number of carbonyl (C=O) groups excluding carboxylic acids is 2. The minimum absolute atomic E-state index is 0.0312. The number of nitrogens with one attached hydrogen (secondary N) is 2. The molecular formula is C11H19FN2O3. The zero-order valence-corrected chi connectivity index (χ0v) is 10.4. The quantitative estimate of drug-likeness (QED) is 0.781. The lowest BCUT2D eigenvalue weighted by Gasteiger charge is -2.22. The van der Waals surface area contributed by atoms with E-state index in [4.69, 9.17) is 4.74 Å². The Bertz CT molecular complexity index is 308. The second-order valence-corrected chi connectivity index (χ2v) is 5.15. The molecule has 0 aliphatic heterocycles. The van der Waals surface area contributed by atoms with Gasteiger partial charge in [-0.05, 0) is 33.6 Å². The molecule has 1 aliphatic carbocycles. The molecule has 17 heavy (non-hydrogen) atoms. The van der Waals surface area contributed by atoms with Gasteiger partial charge < -0.3 is 15.4 Å². The zero-order valence-electron chi connectivity index (χ0n) is 10.4.